The van der Waals surface area contributed by atoms with Gasteiger partial charge in [-0.15, -0.1) is 0 Å². The van der Waals surface area contributed by atoms with Gasteiger partial charge >= 0.3 is 0 Å². The average molecular weight is 490 g/mol. The first-order chi connectivity index (χ1) is 16.7. The maximum absolute atomic E-state index is 15.2. The highest BCUT2D eigenvalue weighted by Gasteiger charge is 2.45. The largest absolute Gasteiger partial charge is 0.497 e. The Morgan fingerprint density at radius 1 is 1.11 bits per heavy atom. The van der Waals surface area contributed by atoms with Crippen LogP contribution in [0.1, 0.15) is 12.1 Å². The molecule has 1 N–H and O–H groups in total. The van der Waals surface area contributed by atoms with Crippen LogP contribution < -0.4 is 14.2 Å². The topological polar surface area (TPSA) is 72.5 Å². The first-order valence-corrected chi connectivity index (χ1v) is 10.9. The first kappa shape index (κ1) is 23.2. The van der Waals surface area contributed by atoms with Crippen LogP contribution in [0.2, 0.25) is 0 Å². The number of likely N-dealkylation sites (tertiary alicyclic amines) is 1. The van der Waals surface area contributed by atoms with E-state index < -0.39 is 36.0 Å². The molecule has 5 rings (SSSR count). The summed E-state index contributed by atoms with van der Waals surface area (Å²) in [4.78, 5) is 12.5. The molecule has 3 heterocycles. The summed E-state index contributed by atoms with van der Waals surface area (Å²) in [6, 6.07) is 5.32. The molecule has 11 heteroatoms. The molecule has 7 nitrogen and oxygen atoms in total. The van der Waals surface area contributed by atoms with Gasteiger partial charge in [-0.3, -0.25) is 0 Å². The highest BCUT2D eigenvalue weighted by molar-refractivity contribution is 5.91. The Morgan fingerprint density at radius 2 is 1.91 bits per heavy atom. The van der Waals surface area contributed by atoms with Gasteiger partial charge in [-0.25, -0.2) is 27.5 Å². The quantitative estimate of drug-likeness (QED) is 0.387. The number of benzene rings is 2. The lowest BCUT2D eigenvalue weighted by Crippen LogP contribution is -2.52. The third kappa shape index (κ3) is 4.20. The molecule has 1 unspecified atom stereocenters. The van der Waals surface area contributed by atoms with E-state index in [1.807, 2.05) is 0 Å². The minimum atomic E-state index is -3.12. The maximum atomic E-state index is 15.2. The molecule has 0 aliphatic carbocycles. The molecule has 1 aliphatic heterocycles. The van der Waals surface area contributed by atoms with E-state index in [-0.39, 0.29) is 39.9 Å². The number of nitrogens with zero attached hydrogens (tertiary/aromatic N) is 3. The third-order valence-corrected chi connectivity index (χ3v) is 5.98. The van der Waals surface area contributed by atoms with Crippen LogP contribution in [0.15, 0.2) is 30.6 Å². The molecule has 1 aliphatic rings. The molecule has 0 radical (unpaired) electrons. The van der Waals surface area contributed by atoms with Crippen LogP contribution >= 0.6 is 0 Å². The molecule has 184 valence electrons. The Balaban J connectivity index is 1.61. The van der Waals surface area contributed by atoms with E-state index in [0.717, 1.165) is 12.4 Å². The molecule has 2 aromatic heterocycles. The monoisotopic (exact) mass is 490 g/mol. The van der Waals surface area contributed by atoms with Gasteiger partial charge in [0.25, 0.3) is 5.92 Å². The number of nitrogens with one attached hydrogen (secondary N) is 1. The zero-order valence-corrected chi connectivity index (χ0v) is 19.2. The zero-order chi connectivity index (χ0) is 24.9. The van der Waals surface area contributed by atoms with Crippen LogP contribution in [-0.2, 0) is 0 Å². The molecule has 4 aromatic rings. The van der Waals surface area contributed by atoms with Crippen molar-refractivity contribution in [3.63, 3.8) is 0 Å². The van der Waals surface area contributed by atoms with E-state index in [0.29, 0.717) is 18.0 Å². The number of alkyl halides is 2. The van der Waals surface area contributed by atoms with Crippen molar-refractivity contribution < 1.29 is 31.8 Å². The zero-order valence-electron chi connectivity index (χ0n) is 19.2. The number of methoxy groups -OCH3 is 1. The van der Waals surface area contributed by atoms with Crippen LogP contribution in [0.4, 0.5) is 17.6 Å². The van der Waals surface area contributed by atoms with E-state index in [1.165, 1.54) is 24.1 Å². The average Bonchev–Trinajstić information content (AvgIpc) is 3.21. The van der Waals surface area contributed by atoms with Crippen molar-refractivity contribution in [2.24, 2.45) is 0 Å². The summed E-state index contributed by atoms with van der Waals surface area (Å²) in [5, 5.41) is 0.146. The Morgan fingerprint density at radius 3 is 2.66 bits per heavy atom. The molecule has 2 aromatic carbocycles. The lowest BCUT2D eigenvalue weighted by molar-refractivity contribution is -0.134. The van der Waals surface area contributed by atoms with E-state index >= 15 is 4.39 Å². The molecule has 1 atom stereocenters. The van der Waals surface area contributed by atoms with Crippen LogP contribution in [0.25, 0.3) is 21.8 Å². The number of halogens is 4. The van der Waals surface area contributed by atoms with Gasteiger partial charge in [0, 0.05) is 42.2 Å². The Labute approximate surface area is 197 Å². The number of aromatic nitrogens is 3. The highest BCUT2D eigenvalue weighted by Crippen LogP contribution is 2.41. The van der Waals surface area contributed by atoms with Crippen LogP contribution in [0.5, 0.6) is 23.1 Å². The van der Waals surface area contributed by atoms with E-state index in [1.54, 1.807) is 20.0 Å². The van der Waals surface area contributed by atoms with Gasteiger partial charge in [0.1, 0.15) is 23.2 Å². The molecule has 35 heavy (non-hydrogen) atoms. The van der Waals surface area contributed by atoms with Crippen molar-refractivity contribution in [2.75, 3.05) is 27.2 Å². The molecular formula is C24H22F4N4O3. The fraction of sp³-hybridized carbons (Fsp3) is 0.333. The van der Waals surface area contributed by atoms with E-state index in [2.05, 4.69) is 15.0 Å². The van der Waals surface area contributed by atoms with Gasteiger partial charge in [-0.05, 0) is 20.0 Å². The molecule has 0 bridgehead atoms. The number of hydrogen-bond donors (Lipinski definition) is 1. The first-order valence-electron chi connectivity index (χ1n) is 10.9. The summed E-state index contributed by atoms with van der Waals surface area (Å²) in [5.41, 5.74) is 0.850. The second kappa shape index (κ2) is 8.56. The standard InChI is InChI=1S/C24H22F4N4O3/c1-12-6-14-21(26)18(9-15(25)22(14)31-12)35-23-20-16(29-11-30-23)7-13(33-3)8-17(20)34-19-4-5-32(2)10-24(19,27)28/h6-9,11,19,31H,4-5,10H2,1-3H3. The molecule has 0 spiro atoms. The normalized spacial score (nSPS) is 18.2. The summed E-state index contributed by atoms with van der Waals surface area (Å²) in [6.07, 6.45) is -0.177. The number of aromatic amines is 1. The van der Waals surface area contributed by atoms with E-state index in [9.17, 15) is 13.2 Å². The van der Waals surface area contributed by atoms with Gasteiger partial charge in [0.05, 0.1) is 24.7 Å². The van der Waals surface area contributed by atoms with Crippen molar-refractivity contribution in [1.82, 2.24) is 19.9 Å². The van der Waals surface area contributed by atoms with Crippen LogP contribution in [0.3, 0.4) is 0 Å². The summed E-state index contributed by atoms with van der Waals surface area (Å²) >= 11 is 0. The number of piperidine rings is 1. The number of ether oxygens (including phenoxy) is 3. The SMILES string of the molecule is COc1cc(OC2CCN(C)CC2(F)F)c2c(Oc3cc(F)c4[nH]c(C)cc4c3F)ncnc2c1. The second-order valence-corrected chi connectivity index (χ2v) is 8.61. The minimum absolute atomic E-state index is 0.0105. The molecule has 0 saturated carbocycles. The van der Waals surface area contributed by atoms with Crippen molar-refractivity contribution in [3.8, 4) is 23.1 Å². The Kier molecular flexibility index (Phi) is 5.66. The van der Waals surface area contributed by atoms with Gasteiger partial charge in [0.2, 0.25) is 5.88 Å². The van der Waals surface area contributed by atoms with Gasteiger partial charge in [0.15, 0.2) is 23.5 Å². The van der Waals surface area contributed by atoms with Crippen molar-refractivity contribution in [1.29, 1.82) is 0 Å². The predicted octanol–water partition coefficient (Wildman–Crippen LogP) is 5.22. The number of aryl methyl sites for hydroxylation is 1. The van der Waals surface area contributed by atoms with E-state index in [4.69, 9.17) is 14.2 Å². The van der Waals surface area contributed by atoms with Crippen molar-refractivity contribution in [2.45, 2.75) is 25.4 Å². The molecule has 0 amide bonds. The third-order valence-electron chi connectivity index (χ3n) is 5.98. The number of hydrogen-bond acceptors (Lipinski definition) is 6. The van der Waals surface area contributed by atoms with Gasteiger partial charge < -0.3 is 24.1 Å². The summed E-state index contributed by atoms with van der Waals surface area (Å²) < 4.78 is 76.0. The summed E-state index contributed by atoms with van der Waals surface area (Å²) in [5.74, 6) is -4.92. The summed E-state index contributed by atoms with van der Waals surface area (Å²) in [6.45, 7) is 1.63. The fourth-order valence-corrected chi connectivity index (χ4v) is 4.29. The molecule has 1 saturated heterocycles. The van der Waals surface area contributed by atoms with Crippen LogP contribution in [0, 0.1) is 18.6 Å². The van der Waals surface area contributed by atoms with Crippen molar-refractivity contribution >= 4 is 21.8 Å². The van der Waals surface area contributed by atoms with Crippen molar-refractivity contribution in [3.05, 3.63) is 47.9 Å². The predicted molar refractivity (Wildman–Crippen MR) is 121 cm³/mol. The van der Waals surface area contributed by atoms with Gasteiger partial charge in [-0.1, -0.05) is 0 Å². The molecule has 1 fully saturated rings. The number of H-pyrrole nitrogens is 1. The lowest BCUT2D eigenvalue weighted by Gasteiger charge is -2.36. The fourth-order valence-electron chi connectivity index (χ4n) is 4.29. The Hall–Kier alpha value is -3.60. The lowest BCUT2D eigenvalue weighted by atomic mass is 10.0. The second-order valence-electron chi connectivity index (χ2n) is 8.61. The smallest absolute Gasteiger partial charge is 0.296 e. The Bertz CT molecular complexity index is 1430. The minimum Gasteiger partial charge on any atom is -0.497 e. The summed E-state index contributed by atoms with van der Waals surface area (Å²) in [7, 11) is 3.03. The molecular weight excluding hydrogens is 468 g/mol. The van der Waals surface area contributed by atoms with Gasteiger partial charge in [-0.2, -0.15) is 0 Å². The number of fused-ring (bicyclic) bond motifs is 2. The highest BCUT2D eigenvalue weighted by atomic mass is 19.3. The number of rotatable bonds is 5. The van der Waals surface area contributed by atoms with Crippen LogP contribution in [-0.4, -0.2) is 59.1 Å². The maximum Gasteiger partial charge on any atom is 0.296 e.